The zero-order valence-corrected chi connectivity index (χ0v) is 12.6. The van der Waals surface area contributed by atoms with Crippen molar-refractivity contribution in [3.8, 4) is 0 Å². The number of carbonyl (C=O) groups is 1. The maximum absolute atomic E-state index is 11.8. The van der Waals surface area contributed by atoms with E-state index in [-0.39, 0.29) is 11.9 Å². The lowest BCUT2D eigenvalue weighted by Crippen LogP contribution is -2.40. The first-order valence-corrected chi connectivity index (χ1v) is 8.25. The summed E-state index contributed by atoms with van der Waals surface area (Å²) in [4.78, 5) is 11.8. The van der Waals surface area contributed by atoms with Gasteiger partial charge in [0.2, 0.25) is 0 Å². The second kappa shape index (κ2) is 7.99. The minimum absolute atomic E-state index is 0.0203. The summed E-state index contributed by atoms with van der Waals surface area (Å²) in [6, 6.07) is 0.443. The number of nitrogens with one attached hydrogen (secondary N) is 1. The molecule has 0 saturated heterocycles. The van der Waals surface area contributed by atoms with Gasteiger partial charge < -0.3 is 15.2 Å². The van der Waals surface area contributed by atoms with Crippen molar-refractivity contribution in [2.24, 2.45) is 17.8 Å². The predicted molar refractivity (Wildman–Crippen MR) is 78.3 cm³/mol. The smallest absolute Gasteiger partial charge is 0.308 e. The van der Waals surface area contributed by atoms with Crippen molar-refractivity contribution < 1.29 is 14.6 Å². The van der Waals surface area contributed by atoms with Crippen LogP contribution in [0, 0.1) is 17.8 Å². The molecule has 0 bridgehead atoms. The van der Waals surface area contributed by atoms with E-state index in [0.29, 0.717) is 31.1 Å². The van der Waals surface area contributed by atoms with Crippen LogP contribution in [0.4, 0.5) is 0 Å². The maximum Gasteiger partial charge on any atom is 0.308 e. The van der Waals surface area contributed by atoms with Crippen LogP contribution >= 0.6 is 0 Å². The van der Waals surface area contributed by atoms with Gasteiger partial charge in [0.05, 0.1) is 12.5 Å². The molecule has 0 aromatic heterocycles. The van der Waals surface area contributed by atoms with Crippen LogP contribution in [0.2, 0.25) is 0 Å². The van der Waals surface area contributed by atoms with Gasteiger partial charge in [-0.1, -0.05) is 12.8 Å². The van der Waals surface area contributed by atoms with Crippen LogP contribution < -0.4 is 5.32 Å². The second-order valence-electron chi connectivity index (χ2n) is 6.35. The monoisotopic (exact) mass is 283 g/mol. The Hall–Kier alpha value is -0.610. The Morgan fingerprint density at radius 2 is 1.95 bits per heavy atom. The number of aliphatic hydroxyl groups is 1. The van der Waals surface area contributed by atoms with E-state index in [1.807, 2.05) is 6.92 Å². The summed E-state index contributed by atoms with van der Waals surface area (Å²) in [6.07, 6.45) is 7.79. The first-order chi connectivity index (χ1) is 9.74. The van der Waals surface area contributed by atoms with E-state index in [4.69, 9.17) is 4.74 Å². The van der Waals surface area contributed by atoms with E-state index in [1.165, 1.54) is 19.3 Å². The Balaban J connectivity index is 1.74. The Morgan fingerprint density at radius 1 is 1.20 bits per heavy atom. The first-order valence-electron chi connectivity index (χ1n) is 8.25. The second-order valence-corrected chi connectivity index (χ2v) is 6.35. The molecule has 0 heterocycles. The molecule has 0 aromatic rings. The highest BCUT2D eigenvalue weighted by Crippen LogP contribution is 2.31. The lowest BCUT2D eigenvalue weighted by Gasteiger charge is -2.30. The molecule has 116 valence electrons. The number of aliphatic hydroxyl groups excluding tert-OH is 1. The van der Waals surface area contributed by atoms with Crippen LogP contribution in [-0.4, -0.2) is 36.9 Å². The Kier molecular flexibility index (Phi) is 6.30. The summed E-state index contributed by atoms with van der Waals surface area (Å²) >= 11 is 0. The van der Waals surface area contributed by atoms with Crippen LogP contribution in [-0.2, 0) is 9.53 Å². The van der Waals surface area contributed by atoms with Crippen molar-refractivity contribution in [2.75, 3.05) is 19.8 Å². The molecule has 0 aliphatic heterocycles. The van der Waals surface area contributed by atoms with Crippen molar-refractivity contribution in [3.63, 3.8) is 0 Å². The highest BCUT2D eigenvalue weighted by Gasteiger charge is 2.30. The molecule has 4 heteroatoms. The summed E-state index contributed by atoms with van der Waals surface area (Å²) in [5.74, 6) is 1.15. The predicted octanol–water partition coefficient (Wildman–Crippen LogP) is 2.11. The van der Waals surface area contributed by atoms with Gasteiger partial charge in [-0.25, -0.2) is 0 Å². The zero-order chi connectivity index (χ0) is 14.4. The van der Waals surface area contributed by atoms with Gasteiger partial charge in [0.25, 0.3) is 0 Å². The molecule has 2 aliphatic rings. The third kappa shape index (κ3) is 4.19. The molecule has 2 fully saturated rings. The van der Waals surface area contributed by atoms with Gasteiger partial charge in [0, 0.05) is 12.6 Å². The van der Waals surface area contributed by atoms with Gasteiger partial charge in [-0.3, -0.25) is 4.79 Å². The molecule has 0 amide bonds. The standard InChI is InChI=1S/C16H29NO3/c1-2-20-16(19)12-5-4-8-15(9-12)17-10-13-6-3-7-14(13)11-18/h12-15,17-18H,2-11H2,1H3. The molecule has 2 aliphatic carbocycles. The molecule has 2 N–H and O–H groups in total. The Bertz CT molecular complexity index is 308. The van der Waals surface area contributed by atoms with Crippen molar-refractivity contribution in [2.45, 2.75) is 57.9 Å². The fourth-order valence-electron chi connectivity index (χ4n) is 3.79. The number of hydrogen-bond donors (Lipinski definition) is 2. The molecule has 0 aromatic carbocycles. The number of hydrogen-bond acceptors (Lipinski definition) is 4. The number of esters is 1. The number of rotatable bonds is 6. The van der Waals surface area contributed by atoms with Crippen molar-refractivity contribution in [1.29, 1.82) is 0 Å². The fourth-order valence-corrected chi connectivity index (χ4v) is 3.79. The number of carbonyl (C=O) groups excluding carboxylic acids is 1. The number of ether oxygens (including phenoxy) is 1. The molecule has 4 atom stereocenters. The summed E-state index contributed by atoms with van der Waals surface area (Å²) in [7, 11) is 0. The molecule has 4 nitrogen and oxygen atoms in total. The lowest BCUT2D eigenvalue weighted by atomic mass is 9.85. The van der Waals surface area contributed by atoms with E-state index in [0.717, 1.165) is 32.2 Å². The van der Waals surface area contributed by atoms with Crippen LogP contribution in [0.5, 0.6) is 0 Å². The Labute approximate surface area is 122 Å². The van der Waals surface area contributed by atoms with Gasteiger partial charge >= 0.3 is 5.97 Å². The van der Waals surface area contributed by atoms with E-state index in [2.05, 4.69) is 5.32 Å². The van der Waals surface area contributed by atoms with Crippen LogP contribution in [0.25, 0.3) is 0 Å². The average molecular weight is 283 g/mol. The molecule has 0 radical (unpaired) electrons. The van der Waals surface area contributed by atoms with Crippen LogP contribution in [0.1, 0.15) is 51.9 Å². The minimum atomic E-state index is -0.0203. The van der Waals surface area contributed by atoms with E-state index < -0.39 is 0 Å². The topological polar surface area (TPSA) is 58.6 Å². The average Bonchev–Trinajstić information content (AvgIpc) is 2.93. The maximum atomic E-state index is 11.8. The van der Waals surface area contributed by atoms with Crippen molar-refractivity contribution in [3.05, 3.63) is 0 Å². The normalized spacial score (nSPS) is 34.1. The van der Waals surface area contributed by atoms with Gasteiger partial charge in [-0.15, -0.1) is 0 Å². The van der Waals surface area contributed by atoms with Crippen molar-refractivity contribution >= 4 is 5.97 Å². The van der Waals surface area contributed by atoms with Gasteiger partial charge in [0.1, 0.15) is 0 Å². The van der Waals surface area contributed by atoms with E-state index >= 15 is 0 Å². The third-order valence-corrected chi connectivity index (χ3v) is 5.01. The van der Waals surface area contributed by atoms with E-state index in [1.54, 1.807) is 0 Å². The summed E-state index contributed by atoms with van der Waals surface area (Å²) in [5.41, 5.74) is 0. The van der Waals surface area contributed by atoms with Gasteiger partial charge in [-0.2, -0.15) is 0 Å². The molecule has 2 rings (SSSR count). The molecule has 20 heavy (non-hydrogen) atoms. The van der Waals surface area contributed by atoms with Crippen molar-refractivity contribution in [1.82, 2.24) is 5.32 Å². The molecule has 4 unspecified atom stereocenters. The SMILES string of the molecule is CCOC(=O)C1CCCC(NCC2CCCC2CO)C1. The van der Waals surface area contributed by atoms with Crippen LogP contribution in [0.15, 0.2) is 0 Å². The Morgan fingerprint density at radius 3 is 2.70 bits per heavy atom. The summed E-state index contributed by atoms with van der Waals surface area (Å²) in [6.45, 7) is 3.66. The lowest BCUT2D eigenvalue weighted by molar-refractivity contribution is -0.149. The highest BCUT2D eigenvalue weighted by molar-refractivity contribution is 5.72. The molecule has 2 saturated carbocycles. The summed E-state index contributed by atoms with van der Waals surface area (Å²) < 4.78 is 5.14. The van der Waals surface area contributed by atoms with E-state index in [9.17, 15) is 9.90 Å². The zero-order valence-electron chi connectivity index (χ0n) is 12.6. The van der Waals surface area contributed by atoms with Gasteiger partial charge in [-0.05, 0) is 57.4 Å². The highest BCUT2D eigenvalue weighted by atomic mass is 16.5. The molecular formula is C16H29NO3. The molecular weight excluding hydrogens is 254 g/mol. The largest absolute Gasteiger partial charge is 0.466 e. The van der Waals surface area contributed by atoms with Crippen LogP contribution in [0.3, 0.4) is 0 Å². The van der Waals surface area contributed by atoms with Gasteiger partial charge in [0.15, 0.2) is 0 Å². The summed E-state index contributed by atoms with van der Waals surface area (Å²) in [5, 5.41) is 13.0. The quantitative estimate of drug-likeness (QED) is 0.733. The third-order valence-electron chi connectivity index (χ3n) is 5.01. The molecule has 0 spiro atoms. The first kappa shape index (κ1) is 15.8. The minimum Gasteiger partial charge on any atom is -0.466 e. The fraction of sp³-hybridized carbons (Fsp3) is 0.938.